The lowest BCUT2D eigenvalue weighted by Gasteiger charge is -2.36. The van der Waals surface area contributed by atoms with Crippen molar-refractivity contribution in [3.63, 3.8) is 0 Å². The first-order valence-corrected chi connectivity index (χ1v) is 9.55. The van der Waals surface area contributed by atoms with Crippen LogP contribution < -0.4 is 15.0 Å². The second kappa shape index (κ2) is 8.25. The van der Waals surface area contributed by atoms with E-state index in [1.807, 2.05) is 17.0 Å². The third-order valence-corrected chi connectivity index (χ3v) is 5.23. The van der Waals surface area contributed by atoms with Crippen molar-refractivity contribution in [3.05, 3.63) is 46.7 Å². The van der Waals surface area contributed by atoms with Gasteiger partial charge in [0.05, 0.1) is 7.11 Å². The first-order valence-electron chi connectivity index (χ1n) is 8.61. The highest BCUT2D eigenvalue weighted by atomic mass is 32.1. The Morgan fingerprint density at radius 2 is 1.92 bits per heavy atom. The zero-order valence-electron chi connectivity index (χ0n) is 14.8. The molecule has 1 atom stereocenters. The molecular weight excluding hydrogens is 334 g/mol. The molecule has 0 saturated carbocycles. The molecule has 1 N–H and O–H groups in total. The Kier molecular flexibility index (Phi) is 5.81. The van der Waals surface area contributed by atoms with Gasteiger partial charge < -0.3 is 19.9 Å². The number of ether oxygens (including phenoxy) is 1. The quantitative estimate of drug-likeness (QED) is 0.891. The van der Waals surface area contributed by atoms with Gasteiger partial charge in [0.25, 0.3) is 0 Å². The van der Waals surface area contributed by atoms with Crippen LogP contribution in [0.1, 0.15) is 12.5 Å². The Hall–Kier alpha value is -2.21. The number of piperazine rings is 1. The Balaban J connectivity index is 1.46. The summed E-state index contributed by atoms with van der Waals surface area (Å²) in [5, 5.41) is 7.32. The SMILES string of the molecule is COc1ccc(N2CCN(C(=O)NC(C)Cc3ccsc3)CC2)cc1. The van der Waals surface area contributed by atoms with Crippen molar-refractivity contribution in [2.24, 2.45) is 0 Å². The standard InChI is InChI=1S/C19H25N3O2S/c1-15(13-16-7-12-25-14-16)20-19(23)22-10-8-21(9-11-22)17-3-5-18(24-2)6-4-17/h3-7,12,14-15H,8-11,13H2,1-2H3,(H,20,23). The first-order chi connectivity index (χ1) is 12.2. The highest BCUT2D eigenvalue weighted by Gasteiger charge is 2.22. The van der Waals surface area contributed by atoms with Crippen LogP contribution in [0, 0.1) is 0 Å². The van der Waals surface area contributed by atoms with Crippen LogP contribution in [0.15, 0.2) is 41.1 Å². The number of amides is 2. The maximum absolute atomic E-state index is 12.4. The van der Waals surface area contributed by atoms with Crippen LogP contribution in [-0.4, -0.2) is 50.3 Å². The van der Waals surface area contributed by atoms with Gasteiger partial charge >= 0.3 is 6.03 Å². The van der Waals surface area contributed by atoms with E-state index in [2.05, 4.69) is 46.1 Å². The molecule has 3 rings (SSSR count). The van der Waals surface area contributed by atoms with Crippen molar-refractivity contribution < 1.29 is 9.53 Å². The van der Waals surface area contributed by atoms with Crippen molar-refractivity contribution in [2.45, 2.75) is 19.4 Å². The summed E-state index contributed by atoms with van der Waals surface area (Å²) in [6.07, 6.45) is 0.876. The summed E-state index contributed by atoms with van der Waals surface area (Å²) in [4.78, 5) is 16.7. The number of urea groups is 1. The highest BCUT2D eigenvalue weighted by molar-refractivity contribution is 7.07. The third-order valence-electron chi connectivity index (χ3n) is 4.50. The van der Waals surface area contributed by atoms with Gasteiger partial charge in [0.2, 0.25) is 0 Å². The fourth-order valence-electron chi connectivity index (χ4n) is 3.08. The van der Waals surface area contributed by atoms with E-state index in [4.69, 9.17) is 4.74 Å². The van der Waals surface area contributed by atoms with Crippen molar-refractivity contribution in [2.75, 3.05) is 38.2 Å². The molecule has 0 spiro atoms. The second-order valence-electron chi connectivity index (χ2n) is 6.36. The fourth-order valence-corrected chi connectivity index (χ4v) is 3.76. The molecule has 1 aromatic heterocycles. The van der Waals surface area contributed by atoms with Crippen molar-refractivity contribution in [1.82, 2.24) is 10.2 Å². The Labute approximate surface area is 153 Å². The topological polar surface area (TPSA) is 44.8 Å². The summed E-state index contributed by atoms with van der Waals surface area (Å²) in [5.74, 6) is 0.862. The molecule has 1 unspecified atom stereocenters. The van der Waals surface area contributed by atoms with Crippen molar-refractivity contribution >= 4 is 23.1 Å². The average molecular weight is 359 g/mol. The molecule has 1 aromatic carbocycles. The molecule has 6 heteroatoms. The molecule has 0 bridgehead atoms. The summed E-state index contributed by atoms with van der Waals surface area (Å²) in [6.45, 7) is 5.23. The number of anilines is 1. The Morgan fingerprint density at radius 1 is 1.20 bits per heavy atom. The lowest BCUT2D eigenvalue weighted by Crippen LogP contribution is -2.53. The van der Waals surface area contributed by atoms with Crippen LogP contribution in [0.25, 0.3) is 0 Å². The lowest BCUT2D eigenvalue weighted by atomic mass is 10.1. The van der Waals surface area contributed by atoms with Gasteiger partial charge in [-0.3, -0.25) is 0 Å². The summed E-state index contributed by atoms with van der Waals surface area (Å²) >= 11 is 1.69. The van der Waals surface area contributed by atoms with Gasteiger partial charge in [-0.15, -0.1) is 0 Å². The second-order valence-corrected chi connectivity index (χ2v) is 7.14. The summed E-state index contributed by atoms with van der Waals surface area (Å²) in [6, 6.07) is 10.4. The van der Waals surface area contributed by atoms with E-state index in [9.17, 15) is 4.79 Å². The molecule has 2 amide bonds. The molecule has 2 aromatic rings. The van der Waals surface area contributed by atoms with E-state index in [1.165, 1.54) is 11.3 Å². The number of carbonyl (C=O) groups excluding carboxylic acids is 1. The predicted octanol–water partition coefficient (Wildman–Crippen LogP) is 3.22. The van der Waals surface area contributed by atoms with Gasteiger partial charge in [-0.1, -0.05) is 0 Å². The smallest absolute Gasteiger partial charge is 0.317 e. The van der Waals surface area contributed by atoms with Gasteiger partial charge in [-0.2, -0.15) is 11.3 Å². The number of nitrogens with one attached hydrogen (secondary N) is 1. The van der Waals surface area contributed by atoms with Crippen molar-refractivity contribution in [3.8, 4) is 5.75 Å². The average Bonchev–Trinajstić information content (AvgIpc) is 3.14. The molecule has 25 heavy (non-hydrogen) atoms. The van der Waals surface area contributed by atoms with E-state index in [0.717, 1.165) is 38.3 Å². The molecule has 1 aliphatic rings. The number of methoxy groups -OCH3 is 1. The summed E-state index contributed by atoms with van der Waals surface area (Å²) in [5.41, 5.74) is 2.45. The van der Waals surface area contributed by atoms with Crippen molar-refractivity contribution in [1.29, 1.82) is 0 Å². The Morgan fingerprint density at radius 3 is 2.52 bits per heavy atom. The molecule has 1 saturated heterocycles. The molecule has 5 nitrogen and oxygen atoms in total. The van der Waals surface area contributed by atoms with Gasteiger partial charge in [-0.25, -0.2) is 4.79 Å². The van der Waals surface area contributed by atoms with Crippen LogP contribution in [0.5, 0.6) is 5.75 Å². The van der Waals surface area contributed by atoms with E-state index >= 15 is 0 Å². The molecule has 1 fully saturated rings. The third kappa shape index (κ3) is 4.66. The van der Waals surface area contributed by atoms with E-state index in [0.29, 0.717) is 0 Å². The molecule has 2 heterocycles. The minimum atomic E-state index is 0.0390. The van der Waals surface area contributed by atoms with Crippen LogP contribution in [-0.2, 0) is 6.42 Å². The summed E-state index contributed by atoms with van der Waals surface area (Å²) < 4.78 is 5.20. The normalized spacial score (nSPS) is 15.8. The fraction of sp³-hybridized carbons (Fsp3) is 0.421. The van der Waals surface area contributed by atoms with Gasteiger partial charge in [0.1, 0.15) is 5.75 Å². The minimum absolute atomic E-state index is 0.0390. The Bertz CT molecular complexity index is 664. The van der Waals surface area contributed by atoms with Gasteiger partial charge in [0, 0.05) is 37.9 Å². The van der Waals surface area contributed by atoms with Crippen LogP contribution in [0.4, 0.5) is 10.5 Å². The first kappa shape index (κ1) is 17.6. The lowest BCUT2D eigenvalue weighted by molar-refractivity contribution is 0.191. The molecule has 1 aliphatic heterocycles. The zero-order chi connectivity index (χ0) is 17.6. The summed E-state index contributed by atoms with van der Waals surface area (Å²) in [7, 11) is 1.67. The zero-order valence-corrected chi connectivity index (χ0v) is 15.6. The molecule has 134 valence electrons. The number of hydrogen-bond acceptors (Lipinski definition) is 4. The monoisotopic (exact) mass is 359 g/mol. The number of carbonyl (C=O) groups is 1. The molecule has 0 aliphatic carbocycles. The molecule has 0 radical (unpaired) electrons. The number of benzene rings is 1. The number of hydrogen-bond donors (Lipinski definition) is 1. The van der Waals surface area contributed by atoms with E-state index < -0.39 is 0 Å². The van der Waals surface area contributed by atoms with E-state index in [-0.39, 0.29) is 12.1 Å². The number of rotatable bonds is 5. The number of nitrogens with zero attached hydrogens (tertiary/aromatic N) is 2. The van der Waals surface area contributed by atoms with Crippen LogP contribution in [0.3, 0.4) is 0 Å². The predicted molar refractivity (Wildman–Crippen MR) is 103 cm³/mol. The maximum Gasteiger partial charge on any atom is 0.317 e. The van der Waals surface area contributed by atoms with Crippen LogP contribution in [0.2, 0.25) is 0 Å². The highest BCUT2D eigenvalue weighted by Crippen LogP contribution is 2.20. The van der Waals surface area contributed by atoms with Gasteiger partial charge in [0.15, 0.2) is 0 Å². The van der Waals surface area contributed by atoms with E-state index in [1.54, 1.807) is 18.4 Å². The minimum Gasteiger partial charge on any atom is -0.497 e. The van der Waals surface area contributed by atoms with Gasteiger partial charge in [-0.05, 0) is 60.0 Å². The van der Waals surface area contributed by atoms with Crippen LogP contribution >= 0.6 is 11.3 Å². The largest absolute Gasteiger partial charge is 0.497 e. The maximum atomic E-state index is 12.4. The molecular formula is C19H25N3O2S. The number of thiophene rings is 1.